The normalized spacial score (nSPS) is 19.6. The van der Waals surface area contributed by atoms with E-state index in [1.807, 2.05) is 12.1 Å². The second-order valence-electron chi connectivity index (χ2n) is 6.97. The maximum Gasteiger partial charge on any atom is 0.161 e. The molecule has 25 heavy (non-hydrogen) atoms. The van der Waals surface area contributed by atoms with Crippen molar-refractivity contribution in [2.24, 2.45) is 0 Å². The number of likely N-dealkylation sites (tertiary alicyclic amines) is 1. The molecule has 0 atom stereocenters. The van der Waals surface area contributed by atoms with Gasteiger partial charge in [-0.25, -0.2) is 0 Å². The van der Waals surface area contributed by atoms with Crippen LogP contribution < -0.4 is 9.47 Å². The highest BCUT2D eigenvalue weighted by Crippen LogP contribution is 2.35. The Hall–Kier alpha value is -2.11. The fourth-order valence-electron chi connectivity index (χ4n) is 3.65. The number of fused-ring (bicyclic) bond motifs is 1. The van der Waals surface area contributed by atoms with Crippen molar-refractivity contribution < 1.29 is 14.6 Å². The number of aromatic nitrogens is 1. The van der Waals surface area contributed by atoms with Crippen molar-refractivity contribution in [3.63, 3.8) is 0 Å². The molecule has 0 radical (unpaired) electrons. The lowest BCUT2D eigenvalue weighted by Gasteiger charge is -2.38. The number of nitrogens with zero attached hydrogens (tertiary/aromatic N) is 2. The van der Waals surface area contributed by atoms with E-state index in [2.05, 4.69) is 28.9 Å². The zero-order valence-corrected chi connectivity index (χ0v) is 14.6. The van der Waals surface area contributed by atoms with Gasteiger partial charge >= 0.3 is 0 Å². The highest BCUT2D eigenvalue weighted by atomic mass is 16.6. The predicted molar refractivity (Wildman–Crippen MR) is 94.8 cm³/mol. The van der Waals surface area contributed by atoms with Gasteiger partial charge in [-0.1, -0.05) is 6.07 Å². The first-order valence-electron chi connectivity index (χ1n) is 8.88. The van der Waals surface area contributed by atoms with Gasteiger partial charge in [-0.05, 0) is 49.1 Å². The van der Waals surface area contributed by atoms with E-state index in [0.29, 0.717) is 13.2 Å². The number of benzene rings is 1. The topological polar surface area (TPSA) is 54.8 Å². The third-order valence-electron chi connectivity index (χ3n) is 5.28. The van der Waals surface area contributed by atoms with E-state index in [0.717, 1.165) is 49.5 Å². The summed E-state index contributed by atoms with van der Waals surface area (Å²) in [7, 11) is 0. The van der Waals surface area contributed by atoms with Crippen LogP contribution in [0.25, 0.3) is 0 Å². The van der Waals surface area contributed by atoms with Crippen LogP contribution in [-0.4, -0.2) is 41.3 Å². The molecule has 132 valence electrons. The Bertz CT molecular complexity index is 740. The van der Waals surface area contributed by atoms with E-state index in [4.69, 9.17) is 9.47 Å². The van der Waals surface area contributed by atoms with Crippen LogP contribution in [0.2, 0.25) is 0 Å². The second kappa shape index (κ2) is 6.65. The van der Waals surface area contributed by atoms with Crippen LogP contribution in [-0.2, 0) is 12.1 Å². The van der Waals surface area contributed by atoms with Gasteiger partial charge in [0.2, 0.25) is 0 Å². The van der Waals surface area contributed by atoms with Gasteiger partial charge in [-0.15, -0.1) is 0 Å². The first kappa shape index (κ1) is 16.4. The number of rotatable bonds is 3. The molecule has 2 aliphatic rings. The Morgan fingerprint density at radius 1 is 1.16 bits per heavy atom. The van der Waals surface area contributed by atoms with E-state index >= 15 is 0 Å². The summed E-state index contributed by atoms with van der Waals surface area (Å²) in [5.74, 6) is 1.69. The second-order valence-corrected chi connectivity index (χ2v) is 6.97. The summed E-state index contributed by atoms with van der Waals surface area (Å²) in [6.45, 7) is 5.93. The number of piperidine rings is 1. The van der Waals surface area contributed by atoms with Gasteiger partial charge in [0, 0.05) is 37.6 Å². The third-order valence-corrected chi connectivity index (χ3v) is 5.28. The summed E-state index contributed by atoms with van der Waals surface area (Å²) in [5, 5.41) is 10.9. The highest BCUT2D eigenvalue weighted by molar-refractivity contribution is 5.47. The van der Waals surface area contributed by atoms with Gasteiger partial charge in [-0.2, -0.15) is 0 Å². The molecule has 0 aliphatic carbocycles. The number of hydrogen-bond donors (Lipinski definition) is 1. The Morgan fingerprint density at radius 3 is 2.56 bits per heavy atom. The molecule has 4 rings (SSSR count). The number of pyridine rings is 1. The standard InChI is InChI=1S/C20H24N2O3/c1-15-11-18-19(25-10-9-24-18)12-16(15)14-22-7-4-20(23,5-8-22)17-3-2-6-21-13-17/h2-3,6,11-13,23H,4-5,7-10,14H2,1H3. The van der Waals surface area contributed by atoms with Crippen molar-refractivity contribution in [2.75, 3.05) is 26.3 Å². The summed E-state index contributed by atoms with van der Waals surface area (Å²) in [6.07, 6.45) is 4.97. The zero-order valence-electron chi connectivity index (χ0n) is 14.6. The van der Waals surface area contributed by atoms with Gasteiger partial charge in [0.05, 0.1) is 5.60 Å². The minimum absolute atomic E-state index is 0.608. The fraction of sp³-hybridized carbons (Fsp3) is 0.450. The Balaban J connectivity index is 1.44. The zero-order chi connectivity index (χ0) is 17.3. The smallest absolute Gasteiger partial charge is 0.161 e. The van der Waals surface area contributed by atoms with Gasteiger partial charge in [-0.3, -0.25) is 9.88 Å². The van der Waals surface area contributed by atoms with Crippen LogP contribution in [0.15, 0.2) is 36.7 Å². The summed E-state index contributed by atoms with van der Waals surface area (Å²) < 4.78 is 11.4. The molecule has 0 amide bonds. The van der Waals surface area contributed by atoms with Gasteiger partial charge in [0.25, 0.3) is 0 Å². The molecule has 1 aromatic carbocycles. The van der Waals surface area contributed by atoms with Crippen molar-refractivity contribution in [1.29, 1.82) is 0 Å². The molecule has 0 saturated carbocycles. The Morgan fingerprint density at radius 2 is 1.88 bits per heavy atom. The van der Waals surface area contributed by atoms with Crippen molar-refractivity contribution in [3.8, 4) is 11.5 Å². The Kier molecular flexibility index (Phi) is 4.36. The fourth-order valence-corrected chi connectivity index (χ4v) is 3.65. The van der Waals surface area contributed by atoms with Crippen LogP contribution >= 0.6 is 0 Å². The average molecular weight is 340 g/mol. The molecule has 2 aliphatic heterocycles. The van der Waals surface area contributed by atoms with Crippen LogP contribution in [0.4, 0.5) is 0 Å². The van der Waals surface area contributed by atoms with Gasteiger partial charge in [0.15, 0.2) is 11.5 Å². The van der Waals surface area contributed by atoms with Gasteiger partial charge < -0.3 is 14.6 Å². The minimum Gasteiger partial charge on any atom is -0.486 e. The maximum atomic E-state index is 10.9. The molecular weight excluding hydrogens is 316 g/mol. The average Bonchev–Trinajstić information content (AvgIpc) is 2.65. The number of ether oxygens (including phenoxy) is 2. The number of aliphatic hydroxyl groups is 1. The van der Waals surface area contributed by atoms with Gasteiger partial charge in [0.1, 0.15) is 13.2 Å². The Labute approximate surface area is 148 Å². The van der Waals surface area contributed by atoms with E-state index < -0.39 is 5.60 Å². The lowest BCUT2D eigenvalue weighted by Crippen LogP contribution is -2.42. The molecule has 5 heteroatoms. The monoisotopic (exact) mass is 340 g/mol. The molecule has 2 aromatic rings. The molecular formula is C20H24N2O3. The molecule has 0 unspecified atom stereocenters. The molecule has 1 aromatic heterocycles. The minimum atomic E-state index is -0.757. The summed E-state index contributed by atoms with van der Waals surface area (Å²) in [6, 6.07) is 8.03. The molecule has 1 saturated heterocycles. The first-order valence-corrected chi connectivity index (χ1v) is 8.88. The maximum absolute atomic E-state index is 10.9. The summed E-state index contributed by atoms with van der Waals surface area (Å²) in [4.78, 5) is 6.54. The molecule has 0 spiro atoms. The van der Waals surface area contributed by atoms with Crippen molar-refractivity contribution >= 4 is 0 Å². The molecule has 0 bridgehead atoms. The van der Waals surface area contributed by atoms with Crippen molar-refractivity contribution in [3.05, 3.63) is 53.3 Å². The lowest BCUT2D eigenvalue weighted by atomic mass is 9.85. The van der Waals surface area contributed by atoms with Crippen LogP contribution in [0.3, 0.4) is 0 Å². The number of hydrogen-bond acceptors (Lipinski definition) is 5. The highest BCUT2D eigenvalue weighted by Gasteiger charge is 2.34. The SMILES string of the molecule is Cc1cc2c(cc1CN1CCC(O)(c3cccnc3)CC1)OCCO2. The number of aryl methyl sites for hydroxylation is 1. The first-order chi connectivity index (χ1) is 12.1. The lowest BCUT2D eigenvalue weighted by molar-refractivity contribution is -0.0280. The quantitative estimate of drug-likeness (QED) is 0.931. The largest absolute Gasteiger partial charge is 0.486 e. The van der Waals surface area contributed by atoms with E-state index in [1.165, 1.54) is 11.1 Å². The predicted octanol–water partition coefficient (Wildman–Crippen LogP) is 2.64. The molecule has 1 fully saturated rings. The third kappa shape index (κ3) is 3.34. The molecule has 1 N–H and O–H groups in total. The van der Waals surface area contributed by atoms with Crippen LogP contribution in [0, 0.1) is 6.92 Å². The van der Waals surface area contributed by atoms with E-state index in [1.54, 1.807) is 12.4 Å². The summed E-state index contributed by atoms with van der Waals surface area (Å²) >= 11 is 0. The molecule has 5 nitrogen and oxygen atoms in total. The van der Waals surface area contributed by atoms with E-state index in [9.17, 15) is 5.11 Å². The van der Waals surface area contributed by atoms with Crippen LogP contribution in [0.1, 0.15) is 29.5 Å². The van der Waals surface area contributed by atoms with Crippen molar-refractivity contribution in [1.82, 2.24) is 9.88 Å². The van der Waals surface area contributed by atoms with Crippen molar-refractivity contribution in [2.45, 2.75) is 31.9 Å². The molecule has 3 heterocycles. The van der Waals surface area contributed by atoms with Crippen LogP contribution in [0.5, 0.6) is 11.5 Å². The summed E-state index contributed by atoms with van der Waals surface area (Å²) in [5.41, 5.74) is 2.64. The van der Waals surface area contributed by atoms with E-state index in [-0.39, 0.29) is 0 Å².